The molecule has 114 valence electrons. The van der Waals surface area contributed by atoms with E-state index in [-0.39, 0.29) is 5.13 Å². The van der Waals surface area contributed by atoms with Crippen molar-refractivity contribution in [2.24, 2.45) is 5.92 Å². The number of rotatable bonds is 5. The Bertz CT molecular complexity index is 420. The van der Waals surface area contributed by atoms with Gasteiger partial charge >= 0.3 is 6.18 Å². The number of halogens is 3. The third kappa shape index (κ3) is 4.57. The Kier molecular flexibility index (Phi) is 5.17. The van der Waals surface area contributed by atoms with Gasteiger partial charge in [0.25, 0.3) is 0 Å². The topological polar surface area (TPSA) is 50.3 Å². The summed E-state index contributed by atoms with van der Waals surface area (Å²) >= 11 is 0.536. The van der Waals surface area contributed by atoms with E-state index in [4.69, 9.17) is 4.74 Å². The van der Waals surface area contributed by atoms with Crippen molar-refractivity contribution >= 4 is 16.5 Å². The largest absolute Gasteiger partial charge is 0.445 e. The van der Waals surface area contributed by atoms with Crippen LogP contribution in [0.4, 0.5) is 18.3 Å². The molecule has 1 aromatic heterocycles. The van der Waals surface area contributed by atoms with Crippen LogP contribution in [-0.2, 0) is 10.9 Å². The monoisotopic (exact) mass is 310 g/mol. The molecule has 1 unspecified atom stereocenters. The number of nitrogens with zero attached hydrogens (tertiary/aromatic N) is 3. The smallest absolute Gasteiger partial charge is 0.379 e. The minimum Gasteiger partial charge on any atom is -0.379 e. The van der Waals surface area contributed by atoms with Gasteiger partial charge in [-0.15, -0.1) is 10.2 Å². The van der Waals surface area contributed by atoms with Crippen molar-refractivity contribution in [3.05, 3.63) is 5.01 Å². The first-order chi connectivity index (χ1) is 9.45. The standard InChI is InChI=1S/C11H17F3N4OS/c1-8(7-18-2-4-19-5-3-18)6-15-10-17-16-9(20-10)11(12,13)14/h8H,2-7H2,1H3,(H,15,17). The molecule has 20 heavy (non-hydrogen) atoms. The molecule has 0 bridgehead atoms. The van der Waals surface area contributed by atoms with E-state index in [1.807, 2.05) is 6.92 Å². The molecular formula is C11H17F3N4OS. The zero-order chi connectivity index (χ0) is 14.6. The van der Waals surface area contributed by atoms with Gasteiger partial charge in [0.2, 0.25) is 10.1 Å². The average molecular weight is 310 g/mol. The van der Waals surface area contributed by atoms with Gasteiger partial charge in [0.15, 0.2) is 0 Å². The van der Waals surface area contributed by atoms with E-state index in [2.05, 4.69) is 20.4 Å². The molecule has 9 heteroatoms. The van der Waals surface area contributed by atoms with Crippen molar-refractivity contribution in [3.8, 4) is 0 Å². The van der Waals surface area contributed by atoms with Crippen LogP contribution in [0.2, 0.25) is 0 Å². The van der Waals surface area contributed by atoms with Gasteiger partial charge in [-0.2, -0.15) is 13.2 Å². The molecular weight excluding hydrogens is 293 g/mol. The number of nitrogens with one attached hydrogen (secondary N) is 1. The molecule has 1 aliphatic heterocycles. The molecule has 1 saturated heterocycles. The van der Waals surface area contributed by atoms with E-state index >= 15 is 0 Å². The van der Waals surface area contributed by atoms with Gasteiger partial charge in [-0.1, -0.05) is 18.3 Å². The van der Waals surface area contributed by atoms with Gasteiger partial charge < -0.3 is 10.1 Å². The first-order valence-electron chi connectivity index (χ1n) is 6.40. The van der Waals surface area contributed by atoms with Crippen LogP contribution in [0.5, 0.6) is 0 Å². The first-order valence-corrected chi connectivity index (χ1v) is 7.21. The molecule has 1 aliphatic rings. The van der Waals surface area contributed by atoms with Crippen molar-refractivity contribution in [3.63, 3.8) is 0 Å². The molecule has 0 aromatic carbocycles. The molecule has 0 spiro atoms. The van der Waals surface area contributed by atoms with Crippen LogP contribution in [-0.4, -0.2) is 54.5 Å². The summed E-state index contributed by atoms with van der Waals surface area (Å²) in [6.07, 6.45) is -4.42. The highest BCUT2D eigenvalue weighted by atomic mass is 32.1. The SMILES string of the molecule is CC(CNc1nnc(C(F)(F)F)s1)CN1CCOCC1. The highest BCUT2D eigenvalue weighted by Crippen LogP contribution is 2.32. The molecule has 1 N–H and O–H groups in total. The summed E-state index contributed by atoms with van der Waals surface area (Å²) in [6.45, 7) is 6.80. The molecule has 0 radical (unpaired) electrons. The summed E-state index contributed by atoms with van der Waals surface area (Å²) in [4.78, 5) is 2.29. The molecule has 0 aliphatic carbocycles. The van der Waals surface area contributed by atoms with E-state index < -0.39 is 11.2 Å². The molecule has 5 nitrogen and oxygen atoms in total. The van der Waals surface area contributed by atoms with Crippen LogP contribution in [0, 0.1) is 5.92 Å². The summed E-state index contributed by atoms with van der Waals surface area (Å²) in [6, 6.07) is 0. The maximum Gasteiger partial charge on any atom is 0.445 e. The predicted molar refractivity (Wildman–Crippen MR) is 69.8 cm³/mol. The second kappa shape index (κ2) is 6.68. The van der Waals surface area contributed by atoms with Gasteiger partial charge in [-0.25, -0.2) is 0 Å². The van der Waals surface area contributed by atoms with Gasteiger partial charge in [-0.3, -0.25) is 4.90 Å². The Morgan fingerprint density at radius 3 is 2.65 bits per heavy atom. The summed E-state index contributed by atoms with van der Waals surface area (Å²) < 4.78 is 42.4. The lowest BCUT2D eigenvalue weighted by molar-refractivity contribution is -0.138. The molecule has 0 amide bonds. The number of hydrogen-bond donors (Lipinski definition) is 1. The molecule has 0 saturated carbocycles. The number of morpholine rings is 1. The Morgan fingerprint density at radius 2 is 2.05 bits per heavy atom. The third-order valence-corrected chi connectivity index (χ3v) is 3.87. The molecule has 1 aromatic rings. The number of hydrogen-bond acceptors (Lipinski definition) is 6. The lowest BCUT2D eigenvalue weighted by Crippen LogP contribution is -2.40. The Labute approximate surface area is 119 Å². The second-order valence-electron chi connectivity index (χ2n) is 4.81. The Morgan fingerprint density at radius 1 is 1.35 bits per heavy atom. The maximum absolute atomic E-state index is 12.4. The lowest BCUT2D eigenvalue weighted by atomic mass is 10.1. The summed E-state index contributed by atoms with van der Waals surface area (Å²) in [5.74, 6) is 0.311. The number of ether oxygens (including phenoxy) is 1. The number of alkyl halides is 3. The van der Waals surface area contributed by atoms with Crippen LogP contribution < -0.4 is 5.32 Å². The van der Waals surface area contributed by atoms with Crippen molar-refractivity contribution in [2.45, 2.75) is 13.1 Å². The van der Waals surface area contributed by atoms with Crippen molar-refractivity contribution < 1.29 is 17.9 Å². The fourth-order valence-corrected chi connectivity index (χ4v) is 2.58. The Balaban J connectivity index is 1.75. The highest BCUT2D eigenvalue weighted by Gasteiger charge is 2.35. The number of anilines is 1. The Hall–Kier alpha value is -0.930. The fourth-order valence-electron chi connectivity index (χ4n) is 1.96. The van der Waals surface area contributed by atoms with Crippen molar-refractivity contribution in [2.75, 3.05) is 44.7 Å². The maximum atomic E-state index is 12.4. The van der Waals surface area contributed by atoms with Crippen molar-refractivity contribution in [1.29, 1.82) is 0 Å². The van der Waals surface area contributed by atoms with Gasteiger partial charge in [-0.05, 0) is 5.92 Å². The normalized spacial score (nSPS) is 19.0. The minimum absolute atomic E-state index is 0.214. The summed E-state index contributed by atoms with van der Waals surface area (Å²) in [7, 11) is 0. The van der Waals surface area contributed by atoms with Crippen LogP contribution in [0.1, 0.15) is 11.9 Å². The van der Waals surface area contributed by atoms with E-state index in [1.165, 1.54) is 0 Å². The minimum atomic E-state index is -4.42. The quantitative estimate of drug-likeness (QED) is 0.901. The zero-order valence-electron chi connectivity index (χ0n) is 11.1. The fraction of sp³-hybridized carbons (Fsp3) is 0.818. The predicted octanol–water partition coefficient (Wildman–Crippen LogP) is 1.94. The van der Waals surface area contributed by atoms with Crippen LogP contribution in [0.25, 0.3) is 0 Å². The zero-order valence-corrected chi connectivity index (χ0v) is 11.9. The summed E-state index contributed by atoms with van der Waals surface area (Å²) in [5, 5.41) is 8.85. The average Bonchev–Trinajstić information content (AvgIpc) is 2.86. The van der Waals surface area contributed by atoms with E-state index in [1.54, 1.807) is 0 Å². The molecule has 1 fully saturated rings. The third-order valence-electron chi connectivity index (χ3n) is 2.94. The van der Waals surface area contributed by atoms with Gasteiger partial charge in [0.05, 0.1) is 13.2 Å². The van der Waals surface area contributed by atoms with E-state index in [9.17, 15) is 13.2 Å². The molecule has 1 atom stereocenters. The van der Waals surface area contributed by atoms with E-state index in [0.29, 0.717) is 23.8 Å². The first kappa shape index (κ1) is 15.5. The van der Waals surface area contributed by atoms with Crippen molar-refractivity contribution in [1.82, 2.24) is 15.1 Å². The lowest BCUT2D eigenvalue weighted by Gasteiger charge is -2.29. The number of aromatic nitrogens is 2. The molecule has 2 rings (SSSR count). The van der Waals surface area contributed by atoms with E-state index in [0.717, 1.165) is 32.8 Å². The second-order valence-corrected chi connectivity index (χ2v) is 5.79. The van der Waals surface area contributed by atoms with Crippen LogP contribution >= 0.6 is 11.3 Å². The highest BCUT2D eigenvalue weighted by molar-refractivity contribution is 7.15. The van der Waals surface area contributed by atoms with Crippen LogP contribution in [0.3, 0.4) is 0 Å². The van der Waals surface area contributed by atoms with Gasteiger partial charge in [0.1, 0.15) is 0 Å². The molecule has 2 heterocycles. The summed E-state index contributed by atoms with van der Waals surface area (Å²) in [5.41, 5.74) is 0. The van der Waals surface area contributed by atoms with Gasteiger partial charge in [0, 0.05) is 26.2 Å². The van der Waals surface area contributed by atoms with Crippen LogP contribution in [0.15, 0.2) is 0 Å².